The van der Waals surface area contributed by atoms with Gasteiger partial charge in [-0.3, -0.25) is 4.79 Å². The van der Waals surface area contributed by atoms with Gasteiger partial charge in [-0.1, -0.05) is 0 Å². The van der Waals surface area contributed by atoms with Gasteiger partial charge in [0, 0.05) is 6.54 Å². The molecule has 0 aliphatic heterocycles. The zero-order valence-corrected chi connectivity index (χ0v) is 11.3. The van der Waals surface area contributed by atoms with Crippen molar-refractivity contribution >= 4 is 38.8 Å². The van der Waals surface area contributed by atoms with Gasteiger partial charge < -0.3 is 16.4 Å². The number of anilines is 2. The first kappa shape index (κ1) is 12.6. The quantitative estimate of drug-likeness (QED) is 0.819. The van der Waals surface area contributed by atoms with Crippen molar-refractivity contribution in [1.82, 2.24) is 4.98 Å². The van der Waals surface area contributed by atoms with Crippen molar-refractivity contribution in [3.8, 4) is 0 Å². The van der Waals surface area contributed by atoms with E-state index in [2.05, 4.69) is 4.98 Å². The molecule has 0 saturated heterocycles. The Morgan fingerprint density at radius 2 is 2.22 bits per heavy atom. The van der Waals surface area contributed by atoms with E-state index in [-0.39, 0.29) is 12.5 Å². The summed E-state index contributed by atoms with van der Waals surface area (Å²) in [7, 11) is 0. The summed E-state index contributed by atoms with van der Waals surface area (Å²) in [5.41, 5.74) is 13.6. The number of hydrogen-bond acceptors (Lipinski definition) is 5. The number of aromatic nitrogens is 1. The average molecular weight is 264 g/mol. The van der Waals surface area contributed by atoms with Gasteiger partial charge in [0.2, 0.25) is 5.91 Å². The molecule has 2 aromatic rings. The molecule has 1 aromatic heterocycles. The molecule has 1 aromatic carbocycles. The Morgan fingerprint density at radius 1 is 1.50 bits per heavy atom. The molecule has 0 saturated carbocycles. The van der Waals surface area contributed by atoms with Gasteiger partial charge in [-0.15, -0.1) is 11.3 Å². The minimum atomic E-state index is -0.370. The number of nitrogens with two attached hydrogens (primary N) is 2. The number of amides is 1. The summed E-state index contributed by atoms with van der Waals surface area (Å²) in [6, 6.07) is 3.82. The SMILES string of the molecule is CCN(CC(N)=O)c1cc2nc(C)sc2cc1N. The molecule has 4 N–H and O–H groups in total. The fraction of sp³-hybridized carbons (Fsp3) is 0.333. The van der Waals surface area contributed by atoms with Crippen LogP contribution < -0.4 is 16.4 Å². The lowest BCUT2D eigenvalue weighted by Gasteiger charge is -2.22. The maximum atomic E-state index is 11.0. The van der Waals surface area contributed by atoms with E-state index in [0.717, 1.165) is 20.9 Å². The fourth-order valence-corrected chi connectivity index (χ4v) is 2.78. The predicted octanol–water partition coefficient (Wildman–Crippen LogP) is 1.50. The number of fused-ring (bicyclic) bond motifs is 1. The van der Waals surface area contributed by atoms with Gasteiger partial charge in [-0.05, 0) is 26.0 Å². The van der Waals surface area contributed by atoms with Crippen LogP contribution in [-0.4, -0.2) is 24.0 Å². The average Bonchev–Trinajstić information content (AvgIpc) is 2.64. The Morgan fingerprint density at radius 3 is 2.83 bits per heavy atom. The zero-order chi connectivity index (χ0) is 13.3. The Balaban J connectivity index is 2.47. The van der Waals surface area contributed by atoms with Crippen molar-refractivity contribution in [2.75, 3.05) is 23.7 Å². The second-order valence-electron chi connectivity index (χ2n) is 4.09. The number of nitrogen functional groups attached to an aromatic ring is 1. The van der Waals surface area contributed by atoms with E-state index in [0.29, 0.717) is 12.2 Å². The fourth-order valence-electron chi connectivity index (χ4n) is 1.92. The van der Waals surface area contributed by atoms with Gasteiger partial charge in [0.25, 0.3) is 0 Å². The molecule has 0 unspecified atom stereocenters. The molecule has 5 nitrogen and oxygen atoms in total. The summed E-state index contributed by atoms with van der Waals surface area (Å²) >= 11 is 1.61. The number of aryl methyl sites for hydroxylation is 1. The molecule has 0 aliphatic carbocycles. The van der Waals surface area contributed by atoms with Crippen LogP contribution in [0.1, 0.15) is 11.9 Å². The molecule has 0 atom stereocenters. The highest BCUT2D eigenvalue weighted by Gasteiger charge is 2.13. The van der Waals surface area contributed by atoms with Gasteiger partial charge >= 0.3 is 0 Å². The molecule has 0 spiro atoms. The molecule has 18 heavy (non-hydrogen) atoms. The van der Waals surface area contributed by atoms with Crippen LogP contribution >= 0.6 is 11.3 Å². The summed E-state index contributed by atoms with van der Waals surface area (Å²) in [5, 5.41) is 1.000. The van der Waals surface area contributed by atoms with Crippen molar-refractivity contribution in [1.29, 1.82) is 0 Å². The minimum absolute atomic E-state index is 0.162. The molecule has 0 bridgehead atoms. The predicted molar refractivity (Wildman–Crippen MR) is 75.9 cm³/mol. The third kappa shape index (κ3) is 2.38. The standard InChI is InChI=1S/C12H16N4OS/c1-3-16(6-12(14)17)10-5-9-11(4-8(10)13)18-7(2)15-9/h4-5H,3,6,13H2,1-2H3,(H2,14,17). The monoisotopic (exact) mass is 264 g/mol. The maximum Gasteiger partial charge on any atom is 0.236 e. The Labute approximate surface area is 109 Å². The number of carbonyl (C=O) groups excluding carboxylic acids is 1. The van der Waals surface area contributed by atoms with Crippen LogP contribution in [0.15, 0.2) is 12.1 Å². The van der Waals surface area contributed by atoms with Crippen molar-refractivity contribution in [3.63, 3.8) is 0 Å². The summed E-state index contributed by atoms with van der Waals surface area (Å²) in [4.78, 5) is 17.3. The minimum Gasteiger partial charge on any atom is -0.397 e. The lowest BCUT2D eigenvalue weighted by Crippen LogP contribution is -2.34. The van der Waals surface area contributed by atoms with Crippen molar-refractivity contribution < 1.29 is 4.79 Å². The van der Waals surface area contributed by atoms with Crippen LogP contribution in [0.3, 0.4) is 0 Å². The first-order chi connectivity index (χ1) is 8.51. The van der Waals surface area contributed by atoms with Gasteiger partial charge in [0.15, 0.2) is 0 Å². The molecular formula is C12H16N4OS. The number of nitrogens with zero attached hydrogens (tertiary/aromatic N) is 2. The number of benzene rings is 1. The van der Waals surface area contributed by atoms with E-state index >= 15 is 0 Å². The number of rotatable bonds is 4. The molecule has 0 fully saturated rings. The normalized spacial score (nSPS) is 10.8. The zero-order valence-electron chi connectivity index (χ0n) is 10.4. The van der Waals surface area contributed by atoms with E-state index in [1.165, 1.54) is 0 Å². The molecule has 2 rings (SSSR count). The molecule has 96 valence electrons. The second-order valence-corrected chi connectivity index (χ2v) is 5.33. The van der Waals surface area contributed by atoms with E-state index in [1.807, 2.05) is 30.9 Å². The van der Waals surface area contributed by atoms with Crippen LogP contribution in [0, 0.1) is 6.92 Å². The first-order valence-electron chi connectivity index (χ1n) is 5.71. The summed E-state index contributed by atoms with van der Waals surface area (Å²) in [6.45, 7) is 4.75. The highest BCUT2D eigenvalue weighted by molar-refractivity contribution is 7.18. The molecule has 1 amide bonds. The largest absolute Gasteiger partial charge is 0.397 e. The summed E-state index contributed by atoms with van der Waals surface area (Å²) in [6.07, 6.45) is 0. The second kappa shape index (κ2) is 4.81. The molecular weight excluding hydrogens is 248 g/mol. The van der Waals surface area contributed by atoms with E-state index in [4.69, 9.17) is 11.5 Å². The van der Waals surface area contributed by atoms with Crippen LogP contribution in [-0.2, 0) is 4.79 Å². The third-order valence-corrected chi connectivity index (χ3v) is 3.65. The lowest BCUT2D eigenvalue weighted by molar-refractivity contribution is -0.116. The highest BCUT2D eigenvalue weighted by atomic mass is 32.1. The number of primary amides is 1. The number of hydrogen-bond donors (Lipinski definition) is 2. The topological polar surface area (TPSA) is 85.2 Å². The summed E-state index contributed by atoms with van der Waals surface area (Å²) < 4.78 is 1.06. The van der Waals surface area contributed by atoms with Crippen LogP contribution in [0.2, 0.25) is 0 Å². The van der Waals surface area contributed by atoms with Gasteiger partial charge in [0.05, 0.1) is 33.1 Å². The van der Waals surface area contributed by atoms with E-state index in [1.54, 1.807) is 11.3 Å². The Kier molecular flexibility index (Phi) is 3.38. The summed E-state index contributed by atoms with van der Waals surface area (Å²) in [5.74, 6) is -0.370. The van der Waals surface area contributed by atoms with Crippen molar-refractivity contribution in [2.45, 2.75) is 13.8 Å². The lowest BCUT2D eigenvalue weighted by atomic mass is 10.2. The van der Waals surface area contributed by atoms with Crippen molar-refractivity contribution in [2.24, 2.45) is 5.73 Å². The van der Waals surface area contributed by atoms with Crippen LogP contribution in [0.25, 0.3) is 10.2 Å². The number of thiazole rings is 1. The number of likely N-dealkylation sites (N-methyl/N-ethyl adjacent to an activating group) is 1. The van der Waals surface area contributed by atoms with E-state index in [9.17, 15) is 4.79 Å². The van der Waals surface area contributed by atoms with Crippen LogP contribution in [0.4, 0.5) is 11.4 Å². The Hall–Kier alpha value is -1.82. The first-order valence-corrected chi connectivity index (χ1v) is 6.52. The van der Waals surface area contributed by atoms with E-state index < -0.39 is 0 Å². The highest BCUT2D eigenvalue weighted by Crippen LogP contribution is 2.31. The van der Waals surface area contributed by atoms with Gasteiger partial charge in [0.1, 0.15) is 0 Å². The molecule has 1 heterocycles. The molecule has 0 aliphatic rings. The Bertz CT molecular complexity index is 593. The smallest absolute Gasteiger partial charge is 0.236 e. The third-order valence-electron chi connectivity index (χ3n) is 2.71. The number of carbonyl (C=O) groups is 1. The van der Waals surface area contributed by atoms with Gasteiger partial charge in [-0.2, -0.15) is 0 Å². The molecule has 6 heteroatoms. The molecule has 0 radical (unpaired) electrons. The van der Waals surface area contributed by atoms with Gasteiger partial charge in [-0.25, -0.2) is 4.98 Å². The van der Waals surface area contributed by atoms with Crippen molar-refractivity contribution in [3.05, 3.63) is 17.1 Å². The maximum absolute atomic E-state index is 11.0. The van der Waals surface area contributed by atoms with Crippen LogP contribution in [0.5, 0.6) is 0 Å².